The maximum atomic E-state index is 5.31. The van der Waals surface area contributed by atoms with E-state index in [9.17, 15) is 0 Å². The molecule has 0 aliphatic heterocycles. The highest BCUT2D eigenvalue weighted by Crippen LogP contribution is 2.19. The summed E-state index contributed by atoms with van der Waals surface area (Å²) < 4.78 is 5.90. The van der Waals surface area contributed by atoms with Crippen LogP contribution in [0.3, 0.4) is 0 Å². The van der Waals surface area contributed by atoms with Crippen LogP contribution >= 0.6 is 23.6 Å². The Bertz CT molecular complexity index is 505. The molecule has 3 nitrogen and oxygen atoms in total. The van der Waals surface area contributed by atoms with Gasteiger partial charge in [-0.3, -0.25) is 0 Å². The molecule has 1 N–H and O–H groups in total. The first-order valence-electron chi connectivity index (χ1n) is 5.00. The molecule has 0 atom stereocenters. The van der Waals surface area contributed by atoms with Crippen molar-refractivity contribution in [2.45, 2.75) is 13.5 Å². The highest BCUT2D eigenvalue weighted by atomic mass is 32.1. The summed E-state index contributed by atoms with van der Waals surface area (Å²) in [6.07, 6.45) is 0. The maximum absolute atomic E-state index is 5.31. The largest absolute Gasteiger partial charge is 0.374 e. The molecule has 0 aromatic carbocycles. The molecule has 84 valence electrons. The number of hydrogen-bond acceptors (Lipinski definition) is 4. The second-order valence-corrected chi connectivity index (χ2v) is 4.43. The van der Waals surface area contributed by atoms with E-state index in [1.54, 1.807) is 11.3 Å². The Hall–Kier alpha value is -1.04. The SMILES string of the molecule is CCOCc1nc(=S)cc(-c2ccsc2)[nH]1. The van der Waals surface area contributed by atoms with Crippen LogP contribution in [0.2, 0.25) is 0 Å². The van der Waals surface area contributed by atoms with Gasteiger partial charge in [-0.05, 0) is 24.4 Å². The van der Waals surface area contributed by atoms with Crippen LogP contribution < -0.4 is 0 Å². The number of H-pyrrole nitrogens is 1. The number of nitrogens with zero attached hydrogens (tertiary/aromatic N) is 1. The van der Waals surface area contributed by atoms with Crippen LogP contribution in [-0.2, 0) is 11.3 Å². The third kappa shape index (κ3) is 2.75. The van der Waals surface area contributed by atoms with Crippen LogP contribution in [0.25, 0.3) is 11.3 Å². The number of nitrogens with one attached hydrogen (secondary N) is 1. The van der Waals surface area contributed by atoms with Crippen molar-refractivity contribution in [1.82, 2.24) is 9.97 Å². The molecule has 0 radical (unpaired) electrons. The molecule has 0 spiro atoms. The van der Waals surface area contributed by atoms with Crippen LogP contribution in [0.5, 0.6) is 0 Å². The fourth-order valence-corrected chi connectivity index (χ4v) is 2.23. The van der Waals surface area contributed by atoms with Crippen molar-refractivity contribution in [1.29, 1.82) is 0 Å². The zero-order chi connectivity index (χ0) is 11.4. The lowest BCUT2D eigenvalue weighted by Crippen LogP contribution is -2.00. The third-order valence-corrected chi connectivity index (χ3v) is 2.96. The van der Waals surface area contributed by atoms with E-state index in [2.05, 4.69) is 21.4 Å². The maximum Gasteiger partial charge on any atom is 0.134 e. The first-order valence-corrected chi connectivity index (χ1v) is 6.35. The van der Waals surface area contributed by atoms with Crippen molar-refractivity contribution in [3.8, 4) is 11.3 Å². The Morgan fingerprint density at radius 3 is 3.12 bits per heavy atom. The highest BCUT2D eigenvalue weighted by Gasteiger charge is 2.02. The summed E-state index contributed by atoms with van der Waals surface area (Å²) in [6.45, 7) is 3.10. The molecule has 2 aromatic rings. The van der Waals surface area contributed by atoms with Crippen molar-refractivity contribution >= 4 is 23.6 Å². The molecule has 16 heavy (non-hydrogen) atoms. The van der Waals surface area contributed by atoms with Crippen LogP contribution in [-0.4, -0.2) is 16.6 Å². The zero-order valence-electron chi connectivity index (χ0n) is 8.90. The fourth-order valence-electron chi connectivity index (χ4n) is 1.35. The Morgan fingerprint density at radius 1 is 1.56 bits per heavy atom. The fraction of sp³-hybridized carbons (Fsp3) is 0.273. The van der Waals surface area contributed by atoms with Gasteiger partial charge < -0.3 is 9.72 Å². The Kier molecular flexibility index (Phi) is 3.82. The lowest BCUT2D eigenvalue weighted by molar-refractivity contribution is 0.128. The molecule has 0 saturated carbocycles. The molecule has 0 saturated heterocycles. The van der Waals surface area contributed by atoms with Crippen molar-refractivity contribution in [3.63, 3.8) is 0 Å². The number of rotatable bonds is 4. The van der Waals surface area contributed by atoms with Gasteiger partial charge in [-0.15, -0.1) is 0 Å². The molecule has 0 bridgehead atoms. The summed E-state index contributed by atoms with van der Waals surface area (Å²) in [6, 6.07) is 3.92. The molecule has 2 aromatic heterocycles. The summed E-state index contributed by atoms with van der Waals surface area (Å²) in [5.41, 5.74) is 2.13. The van der Waals surface area contributed by atoms with Crippen LogP contribution in [0.15, 0.2) is 22.9 Å². The topological polar surface area (TPSA) is 37.9 Å². The average molecular weight is 252 g/mol. The summed E-state index contributed by atoms with van der Waals surface area (Å²) >= 11 is 6.79. The number of aromatic amines is 1. The Morgan fingerprint density at radius 2 is 2.44 bits per heavy atom. The Balaban J connectivity index is 2.33. The zero-order valence-corrected chi connectivity index (χ0v) is 10.5. The van der Waals surface area contributed by atoms with Crippen molar-refractivity contribution in [2.75, 3.05) is 6.61 Å². The summed E-state index contributed by atoms with van der Waals surface area (Å²) in [5.74, 6) is 0.774. The van der Waals surface area contributed by atoms with Gasteiger partial charge in [0, 0.05) is 17.6 Å². The minimum Gasteiger partial charge on any atom is -0.374 e. The molecule has 0 unspecified atom stereocenters. The average Bonchev–Trinajstić information content (AvgIpc) is 2.79. The number of ether oxygens (including phenoxy) is 1. The summed E-state index contributed by atoms with van der Waals surface area (Å²) in [5, 5.41) is 4.11. The normalized spacial score (nSPS) is 10.6. The van der Waals surface area contributed by atoms with Gasteiger partial charge in [0.2, 0.25) is 0 Å². The van der Waals surface area contributed by atoms with Crippen LogP contribution in [0.4, 0.5) is 0 Å². The molecule has 2 heterocycles. The van der Waals surface area contributed by atoms with Gasteiger partial charge in [0.25, 0.3) is 0 Å². The predicted molar refractivity (Wildman–Crippen MR) is 68.1 cm³/mol. The Labute approximate surface area is 103 Å². The van der Waals surface area contributed by atoms with Gasteiger partial charge in [0.1, 0.15) is 17.1 Å². The monoisotopic (exact) mass is 252 g/mol. The van der Waals surface area contributed by atoms with E-state index in [1.165, 1.54) is 0 Å². The van der Waals surface area contributed by atoms with Gasteiger partial charge in [0.05, 0.1) is 5.69 Å². The van der Waals surface area contributed by atoms with E-state index < -0.39 is 0 Å². The summed E-state index contributed by atoms with van der Waals surface area (Å²) in [4.78, 5) is 7.45. The molecule has 0 aliphatic carbocycles. The van der Waals surface area contributed by atoms with E-state index in [0.29, 0.717) is 17.9 Å². The molecular formula is C11H12N2OS2. The van der Waals surface area contributed by atoms with Gasteiger partial charge >= 0.3 is 0 Å². The van der Waals surface area contributed by atoms with Gasteiger partial charge in [-0.2, -0.15) is 11.3 Å². The van der Waals surface area contributed by atoms with Gasteiger partial charge in [-0.1, -0.05) is 12.2 Å². The van der Waals surface area contributed by atoms with Crippen molar-refractivity contribution in [3.05, 3.63) is 33.4 Å². The number of aromatic nitrogens is 2. The lowest BCUT2D eigenvalue weighted by Gasteiger charge is -2.04. The summed E-state index contributed by atoms with van der Waals surface area (Å²) in [7, 11) is 0. The van der Waals surface area contributed by atoms with E-state index in [-0.39, 0.29) is 0 Å². The first-order chi connectivity index (χ1) is 7.79. The minimum atomic E-state index is 0.470. The number of hydrogen-bond donors (Lipinski definition) is 1. The molecule has 0 fully saturated rings. The van der Waals surface area contributed by atoms with Crippen molar-refractivity contribution < 1.29 is 4.74 Å². The van der Waals surface area contributed by atoms with Crippen LogP contribution in [0, 0.1) is 4.64 Å². The lowest BCUT2D eigenvalue weighted by atomic mass is 10.2. The van der Waals surface area contributed by atoms with Crippen LogP contribution in [0.1, 0.15) is 12.7 Å². The first kappa shape index (κ1) is 11.4. The minimum absolute atomic E-state index is 0.470. The van der Waals surface area contributed by atoms with Gasteiger partial charge in [0.15, 0.2) is 0 Å². The molecule has 0 aliphatic rings. The highest BCUT2D eigenvalue weighted by molar-refractivity contribution is 7.71. The smallest absolute Gasteiger partial charge is 0.134 e. The van der Waals surface area contributed by atoms with E-state index in [4.69, 9.17) is 17.0 Å². The predicted octanol–water partition coefficient (Wildman–Crippen LogP) is 3.40. The van der Waals surface area contributed by atoms with E-state index >= 15 is 0 Å². The molecule has 0 amide bonds. The number of thiophene rings is 1. The van der Waals surface area contributed by atoms with Gasteiger partial charge in [-0.25, -0.2) is 4.98 Å². The van der Waals surface area contributed by atoms with E-state index in [0.717, 1.165) is 17.1 Å². The second-order valence-electron chi connectivity index (χ2n) is 3.23. The third-order valence-electron chi connectivity index (χ3n) is 2.07. The molecular weight excluding hydrogens is 240 g/mol. The van der Waals surface area contributed by atoms with Crippen molar-refractivity contribution in [2.24, 2.45) is 0 Å². The standard InChI is InChI=1S/C11H12N2OS2/c1-2-14-6-10-12-9(5-11(15)13-10)8-3-4-16-7-8/h3-5,7H,2,6H2,1H3,(H,12,13,15). The quantitative estimate of drug-likeness (QED) is 0.847. The van der Waals surface area contributed by atoms with E-state index in [1.807, 2.05) is 18.4 Å². The second kappa shape index (κ2) is 5.34. The molecule has 5 heteroatoms. The molecule has 2 rings (SSSR count).